The van der Waals surface area contributed by atoms with Crippen molar-refractivity contribution in [2.75, 3.05) is 26.2 Å². The SMILES string of the molecule is CC1(O)CCN(C(=O)N2CCCCC2)CC1. The predicted molar refractivity (Wildman–Crippen MR) is 62.3 cm³/mol. The molecule has 0 aromatic heterocycles. The van der Waals surface area contributed by atoms with Crippen molar-refractivity contribution in [2.45, 2.75) is 44.6 Å². The van der Waals surface area contributed by atoms with E-state index in [9.17, 15) is 9.90 Å². The van der Waals surface area contributed by atoms with E-state index >= 15 is 0 Å². The Morgan fingerprint density at radius 1 is 1.00 bits per heavy atom. The molecular weight excluding hydrogens is 204 g/mol. The average molecular weight is 226 g/mol. The summed E-state index contributed by atoms with van der Waals surface area (Å²) in [5.41, 5.74) is -0.571. The van der Waals surface area contributed by atoms with Gasteiger partial charge in [-0.1, -0.05) is 0 Å². The first-order valence-electron chi connectivity index (χ1n) is 6.35. The highest BCUT2D eigenvalue weighted by Gasteiger charge is 2.31. The Bertz CT molecular complexity index is 250. The number of carbonyl (C=O) groups excluding carboxylic acids is 1. The van der Waals surface area contributed by atoms with Gasteiger partial charge in [-0.25, -0.2) is 4.79 Å². The first-order chi connectivity index (χ1) is 7.58. The van der Waals surface area contributed by atoms with Crippen molar-refractivity contribution >= 4 is 6.03 Å². The molecule has 0 atom stereocenters. The van der Waals surface area contributed by atoms with Crippen LogP contribution in [0.4, 0.5) is 4.79 Å². The Labute approximate surface area is 97.2 Å². The lowest BCUT2D eigenvalue weighted by Gasteiger charge is -2.39. The third-order valence-corrected chi connectivity index (χ3v) is 3.74. The highest BCUT2D eigenvalue weighted by Crippen LogP contribution is 2.22. The standard InChI is InChI=1S/C12H22N2O2/c1-12(16)5-9-14(10-6-12)11(15)13-7-3-2-4-8-13/h16H,2-10H2,1H3. The van der Waals surface area contributed by atoms with Gasteiger partial charge in [-0.05, 0) is 39.0 Å². The van der Waals surface area contributed by atoms with Gasteiger partial charge in [0.25, 0.3) is 0 Å². The van der Waals surface area contributed by atoms with Crippen molar-refractivity contribution in [2.24, 2.45) is 0 Å². The molecular formula is C12H22N2O2. The number of rotatable bonds is 0. The number of urea groups is 1. The summed E-state index contributed by atoms with van der Waals surface area (Å²) in [6.07, 6.45) is 4.92. The van der Waals surface area contributed by atoms with Crippen molar-refractivity contribution in [3.05, 3.63) is 0 Å². The Hall–Kier alpha value is -0.770. The fourth-order valence-electron chi connectivity index (χ4n) is 2.46. The molecule has 0 unspecified atom stereocenters. The summed E-state index contributed by atoms with van der Waals surface area (Å²) in [5, 5.41) is 9.83. The maximum Gasteiger partial charge on any atom is 0.320 e. The monoisotopic (exact) mass is 226 g/mol. The zero-order valence-electron chi connectivity index (χ0n) is 10.1. The minimum Gasteiger partial charge on any atom is -0.390 e. The van der Waals surface area contributed by atoms with Crippen LogP contribution in [0.1, 0.15) is 39.0 Å². The quantitative estimate of drug-likeness (QED) is 0.679. The van der Waals surface area contributed by atoms with Crippen LogP contribution in [0.25, 0.3) is 0 Å². The summed E-state index contributed by atoms with van der Waals surface area (Å²) in [7, 11) is 0. The molecule has 0 saturated carbocycles. The van der Waals surface area contributed by atoms with Crippen molar-refractivity contribution in [1.29, 1.82) is 0 Å². The lowest BCUT2D eigenvalue weighted by molar-refractivity contribution is 0.0000860. The van der Waals surface area contributed by atoms with Gasteiger partial charge in [0.1, 0.15) is 0 Å². The molecule has 0 aliphatic carbocycles. The molecule has 2 fully saturated rings. The van der Waals surface area contributed by atoms with Gasteiger partial charge in [-0.15, -0.1) is 0 Å². The second-order valence-electron chi connectivity index (χ2n) is 5.31. The predicted octanol–water partition coefficient (Wildman–Crippen LogP) is 1.44. The average Bonchev–Trinajstić information content (AvgIpc) is 2.29. The van der Waals surface area contributed by atoms with Gasteiger partial charge in [-0.3, -0.25) is 0 Å². The number of hydrogen-bond acceptors (Lipinski definition) is 2. The van der Waals surface area contributed by atoms with Crippen molar-refractivity contribution < 1.29 is 9.90 Å². The third-order valence-electron chi connectivity index (χ3n) is 3.74. The van der Waals surface area contributed by atoms with E-state index in [-0.39, 0.29) is 6.03 Å². The van der Waals surface area contributed by atoms with E-state index in [1.165, 1.54) is 6.42 Å². The zero-order valence-corrected chi connectivity index (χ0v) is 10.1. The number of amides is 2. The summed E-state index contributed by atoms with van der Waals surface area (Å²) >= 11 is 0. The molecule has 0 radical (unpaired) electrons. The smallest absolute Gasteiger partial charge is 0.320 e. The van der Waals surface area contributed by atoms with Gasteiger partial charge >= 0.3 is 6.03 Å². The van der Waals surface area contributed by atoms with Gasteiger partial charge < -0.3 is 14.9 Å². The topological polar surface area (TPSA) is 43.8 Å². The largest absolute Gasteiger partial charge is 0.390 e. The molecule has 0 aromatic carbocycles. The van der Waals surface area contributed by atoms with E-state index < -0.39 is 5.60 Å². The molecule has 2 rings (SSSR count). The normalized spacial score (nSPS) is 25.6. The lowest BCUT2D eigenvalue weighted by atomic mass is 9.94. The number of aliphatic hydroxyl groups is 1. The maximum absolute atomic E-state index is 12.1. The Balaban J connectivity index is 1.86. The second kappa shape index (κ2) is 4.62. The van der Waals surface area contributed by atoms with Gasteiger partial charge in [0.05, 0.1) is 5.60 Å². The fourth-order valence-corrected chi connectivity index (χ4v) is 2.46. The number of carbonyl (C=O) groups is 1. The summed E-state index contributed by atoms with van der Waals surface area (Å²) in [4.78, 5) is 16.0. The molecule has 0 aromatic rings. The summed E-state index contributed by atoms with van der Waals surface area (Å²) in [5.74, 6) is 0. The molecule has 4 heteroatoms. The number of nitrogens with zero attached hydrogens (tertiary/aromatic N) is 2. The maximum atomic E-state index is 12.1. The fraction of sp³-hybridized carbons (Fsp3) is 0.917. The lowest BCUT2D eigenvalue weighted by Crippen LogP contribution is -2.51. The van der Waals surface area contributed by atoms with Crippen molar-refractivity contribution in [3.63, 3.8) is 0 Å². The van der Waals surface area contributed by atoms with Gasteiger partial charge in [0, 0.05) is 26.2 Å². The molecule has 2 amide bonds. The van der Waals surface area contributed by atoms with Crippen LogP contribution in [0.15, 0.2) is 0 Å². The van der Waals surface area contributed by atoms with E-state index in [0.717, 1.165) is 25.9 Å². The van der Waals surface area contributed by atoms with Crippen LogP contribution in [0.2, 0.25) is 0 Å². The molecule has 92 valence electrons. The van der Waals surface area contributed by atoms with Gasteiger partial charge in [0.15, 0.2) is 0 Å². The molecule has 1 N–H and O–H groups in total. The first kappa shape index (κ1) is 11.7. The number of likely N-dealkylation sites (tertiary alicyclic amines) is 2. The van der Waals surface area contributed by atoms with Crippen LogP contribution in [0, 0.1) is 0 Å². The Morgan fingerprint density at radius 2 is 1.50 bits per heavy atom. The molecule has 2 aliphatic rings. The zero-order chi connectivity index (χ0) is 11.6. The Kier molecular flexibility index (Phi) is 3.38. The van der Waals surface area contributed by atoms with E-state index in [1.54, 1.807) is 0 Å². The molecule has 16 heavy (non-hydrogen) atoms. The number of piperidine rings is 2. The van der Waals surface area contributed by atoms with Crippen molar-refractivity contribution in [1.82, 2.24) is 9.80 Å². The van der Waals surface area contributed by atoms with Crippen LogP contribution in [-0.2, 0) is 0 Å². The molecule has 0 bridgehead atoms. The third kappa shape index (κ3) is 2.67. The highest BCUT2D eigenvalue weighted by atomic mass is 16.3. The van der Waals surface area contributed by atoms with Crippen LogP contribution in [0.5, 0.6) is 0 Å². The molecule has 2 aliphatic heterocycles. The minimum absolute atomic E-state index is 0.176. The second-order valence-corrected chi connectivity index (χ2v) is 5.31. The van der Waals surface area contributed by atoms with Crippen LogP contribution in [0.3, 0.4) is 0 Å². The van der Waals surface area contributed by atoms with Crippen LogP contribution in [-0.4, -0.2) is 52.7 Å². The van der Waals surface area contributed by atoms with E-state index in [0.29, 0.717) is 25.9 Å². The van der Waals surface area contributed by atoms with Crippen molar-refractivity contribution in [3.8, 4) is 0 Å². The van der Waals surface area contributed by atoms with E-state index in [1.807, 2.05) is 16.7 Å². The van der Waals surface area contributed by atoms with E-state index in [4.69, 9.17) is 0 Å². The van der Waals surface area contributed by atoms with Gasteiger partial charge in [-0.2, -0.15) is 0 Å². The van der Waals surface area contributed by atoms with Crippen LogP contribution >= 0.6 is 0 Å². The first-order valence-corrected chi connectivity index (χ1v) is 6.35. The van der Waals surface area contributed by atoms with E-state index in [2.05, 4.69) is 0 Å². The highest BCUT2D eigenvalue weighted by molar-refractivity contribution is 5.74. The summed E-state index contributed by atoms with van der Waals surface area (Å²) in [6.45, 7) is 5.07. The molecule has 4 nitrogen and oxygen atoms in total. The Morgan fingerprint density at radius 3 is 2.06 bits per heavy atom. The molecule has 2 saturated heterocycles. The minimum atomic E-state index is -0.571. The molecule has 0 spiro atoms. The summed E-state index contributed by atoms with van der Waals surface area (Å²) in [6, 6.07) is 0.176. The molecule has 2 heterocycles. The number of hydrogen-bond donors (Lipinski definition) is 1. The van der Waals surface area contributed by atoms with Gasteiger partial charge in [0.2, 0.25) is 0 Å². The summed E-state index contributed by atoms with van der Waals surface area (Å²) < 4.78 is 0. The van der Waals surface area contributed by atoms with Crippen LogP contribution < -0.4 is 0 Å².